The molecule has 0 aliphatic rings. The summed E-state index contributed by atoms with van der Waals surface area (Å²) in [6.07, 6.45) is 0. The minimum atomic E-state index is 1.10. The van der Waals surface area contributed by atoms with E-state index in [-0.39, 0.29) is 0 Å². The highest BCUT2D eigenvalue weighted by Crippen LogP contribution is 2.50. The van der Waals surface area contributed by atoms with Crippen LogP contribution in [0.25, 0.3) is 108 Å². The van der Waals surface area contributed by atoms with Gasteiger partial charge < -0.3 is 4.90 Å². The van der Waals surface area contributed by atoms with Crippen molar-refractivity contribution in [2.45, 2.75) is 0 Å². The zero-order chi connectivity index (χ0) is 45.0. The van der Waals surface area contributed by atoms with Crippen molar-refractivity contribution in [2.24, 2.45) is 0 Å². The van der Waals surface area contributed by atoms with Gasteiger partial charge in [-0.25, -0.2) is 0 Å². The lowest BCUT2D eigenvalue weighted by atomic mass is 9.84. The Hall–Kier alpha value is -8.56. The quantitative estimate of drug-likeness (QED) is 0.137. The summed E-state index contributed by atoms with van der Waals surface area (Å²) >= 11 is 1.87. The summed E-state index contributed by atoms with van der Waals surface area (Å²) in [6, 6.07) is 95.8. The normalized spacial score (nSPS) is 11.5. The van der Waals surface area contributed by atoms with Crippen LogP contribution in [-0.2, 0) is 0 Å². The Morgan fingerprint density at radius 2 is 0.779 bits per heavy atom. The van der Waals surface area contributed by atoms with Crippen LogP contribution in [-0.4, -0.2) is 0 Å². The number of thiophene rings is 1. The minimum Gasteiger partial charge on any atom is -0.308 e. The molecule has 0 aliphatic carbocycles. The smallest absolute Gasteiger partial charge is 0.0640 e. The lowest BCUT2D eigenvalue weighted by Gasteiger charge is -2.29. The number of nitrogens with zero attached hydrogens (tertiary/aromatic N) is 1. The molecule has 68 heavy (non-hydrogen) atoms. The van der Waals surface area contributed by atoms with E-state index in [9.17, 15) is 0 Å². The van der Waals surface area contributed by atoms with Gasteiger partial charge in [0.15, 0.2) is 0 Å². The lowest BCUT2D eigenvalue weighted by molar-refractivity contribution is 1.30. The van der Waals surface area contributed by atoms with Crippen molar-refractivity contribution in [3.05, 3.63) is 261 Å². The average molecular weight is 882 g/mol. The molecule has 0 saturated heterocycles. The first-order valence-electron chi connectivity index (χ1n) is 23.3. The Morgan fingerprint density at radius 3 is 1.53 bits per heavy atom. The van der Waals surface area contributed by atoms with Crippen molar-refractivity contribution in [2.75, 3.05) is 4.90 Å². The highest BCUT2D eigenvalue weighted by molar-refractivity contribution is 7.26. The van der Waals surface area contributed by atoms with Gasteiger partial charge in [0.2, 0.25) is 0 Å². The van der Waals surface area contributed by atoms with E-state index >= 15 is 0 Å². The summed E-state index contributed by atoms with van der Waals surface area (Å²) < 4.78 is 2.55. The van der Waals surface area contributed by atoms with Gasteiger partial charge in [-0.15, -0.1) is 11.3 Å². The van der Waals surface area contributed by atoms with Gasteiger partial charge in [0.25, 0.3) is 0 Å². The number of fused-ring (bicyclic) bond motifs is 7. The summed E-state index contributed by atoms with van der Waals surface area (Å²) in [6.45, 7) is 0. The zero-order valence-electron chi connectivity index (χ0n) is 37.2. The van der Waals surface area contributed by atoms with Crippen molar-refractivity contribution < 1.29 is 0 Å². The van der Waals surface area contributed by atoms with Gasteiger partial charge in [-0.1, -0.05) is 218 Å². The third-order valence-electron chi connectivity index (χ3n) is 13.7. The molecular formula is C66H43NS. The number of para-hydroxylation sites is 1. The molecule has 13 aromatic rings. The van der Waals surface area contributed by atoms with E-state index in [4.69, 9.17) is 0 Å². The summed E-state index contributed by atoms with van der Waals surface area (Å²) in [4.78, 5) is 2.48. The molecule has 0 aliphatic heterocycles. The van der Waals surface area contributed by atoms with Crippen LogP contribution >= 0.6 is 11.3 Å². The Labute approximate surface area is 400 Å². The Bertz CT molecular complexity index is 4000. The van der Waals surface area contributed by atoms with Crippen LogP contribution in [0.4, 0.5) is 17.1 Å². The third kappa shape index (κ3) is 6.85. The van der Waals surface area contributed by atoms with Crippen molar-refractivity contribution in [1.29, 1.82) is 0 Å². The molecule has 0 radical (unpaired) electrons. The van der Waals surface area contributed by atoms with Gasteiger partial charge in [-0.3, -0.25) is 0 Å². The monoisotopic (exact) mass is 881 g/mol. The first-order chi connectivity index (χ1) is 33.7. The molecule has 318 valence electrons. The molecule has 0 atom stereocenters. The largest absolute Gasteiger partial charge is 0.308 e. The van der Waals surface area contributed by atoms with E-state index in [0.29, 0.717) is 0 Å². The second-order valence-corrected chi connectivity index (χ2v) is 18.6. The Balaban J connectivity index is 0.982. The van der Waals surface area contributed by atoms with Crippen molar-refractivity contribution >= 4 is 80.9 Å². The second-order valence-electron chi connectivity index (χ2n) is 17.6. The molecule has 12 aromatic carbocycles. The number of rotatable bonds is 8. The first kappa shape index (κ1) is 39.8. The standard InChI is InChI=1S/C66H43NS/c1-3-17-48(18-4-1)64-58-25-10-9-23-55(58)56-41-38-52(43-60(56)65(64)49-19-5-2-6-20-49)54-22-11-13-27-61(54)67(62-28-15-26-59-57-24-12-14-29-63(57)68-66(59)62)53-39-36-46(37-40-53)45-30-32-47(33-31-45)51-35-34-44-16-7-8-21-50(44)42-51/h1-43H. The molecule has 0 saturated carbocycles. The summed E-state index contributed by atoms with van der Waals surface area (Å²) in [7, 11) is 0. The second kappa shape index (κ2) is 16.7. The Kier molecular flexibility index (Phi) is 9.77. The molecule has 0 unspecified atom stereocenters. The van der Waals surface area contributed by atoms with Crippen LogP contribution in [0.1, 0.15) is 0 Å². The van der Waals surface area contributed by atoms with E-state index in [1.807, 2.05) is 11.3 Å². The topological polar surface area (TPSA) is 3.24 Å². The maximum Gasteiger partial charge on any atom is 0.0640 e. The predicted molar refractivity (Wildman–Crippen MR) is 294 cm³/mol. The van der Waals surface area contributed by atoms with Crippen LogP contribution in [0.5, 0.6) is 0 Å². The molecule has 0 spiro atoms. The molecule has 1 nitrogen and oxygen atoms in total. The van der Waals surface area contributed by atoms with Gasteiger partial charge in [0.1, 0.15) is 0 Å². The van der Waals surface area contributed by atoms with E-state index in [1.54, 1.807) is 0 Å². The van der Waals surface area contributed by atoms with Crippen LogP contribution in [0.2, 0.25) is 0 Å². The zero-order valence-corrected chi connectivity index (χ0v) is 38.0. The third-order valence-corrected chi connectivity index (χ3v) is 14.9. The lowest BCUT2D eigenvalue weighted by Crippen LogP contribution is -2.11. The molecular weight excluding hydrogens is 839 g/mol. The number of anilines is 3. The van der Waals surface area contributed by atoms with Crippen molar-refractivity contribution in [1.82, 2.24) is 0 Å². The van der Waals surface area contributed by atoms with E-state index < -0.39 is 0 Å². The van der Waals surface area contributed by atoms with Crippen molar-refractivity contribution in [3.8, 4) is 55.6 Å². The van der Waals surface area contributed by atoms with E-state index in [1.165, 1.54) is 97.0 Å². The van der Waals surface area contributed by atoms with Gasteiger partial charge in [0, 0.05) is 26.7 Å². The molecule has 1 aromatic heterocycles. The minimum absolute atomic E-state index is 1.10. The molecule has 0 fully saturated rings. The maximum atomic E-state index is 2.48. The SMILES string of the molecule is c1ccc(-c2c(-c3ccccc3)c3cc(-c4ccccc4N(c4ccc(-c5ccc(-c6ccc7ccccc7c6)cc5)cc4)c4cccc5c4sc4ccccc45)ccc3c3ccccc23)cc1. The Morgan fingerprint density at radius 1 is 0.265 bits per heavy atom. The molecule has 2 heteroatoms. The van der Waals surface area contributed by atoms with Gasteiger partial charge in [0.05, 0.1) is 16.1 Å². The fourth-order valence-corrected chi connectivity index (χ4v) is 11.6. The van der Waals surface area contributed by atoms with Gasteiger partial charge in [-0.05, 0) is 125 Å². The summed E-state index contributed by atoms with van der Waals surface area (Å²) in [5, 5.41) is 10.1. The first-order valence-corrected chi connectivity index (χ1v) is 24.1. The van der Waals surface area contributed by atoms with Crippen LogP contribution in [0.15, 0.2) is 261 Å². The summed E-state index contributed by atoms with van der Waals surface area (Å²) in [5.41, 5.74) is 15.4. The number of hydrogen-bond donors (Lipinski definition) is 0. The fourth-order valence-electron chi connectivity index (χ4n) is 10.4. The highest BCUT2D eigenvalue weighted by atomic mass is 32.1. The van der Waals surface area contributed by atoms with E-state index in [0.717, 1.165) is 28.2 Å². The molecule has 1 heterocycles. The average Bonchev–Trinajstić information content (AvgIpc) is 3.81. The number of hydrogen-bond acceptors (Lipinski definition) is 2. The van der Waals surface area contributed by atoms with Crippen LogP contribution in [0.3, 0.4) is 0 Å². The van der Waals surface area contributed by atoms with Crippen LogP contribution < -0.4 is 4.90 Å². The maximum absolute atomic E-state index is 2.48. The number of benzene rings is 12. The summed E-state index contributed by atoms with van der Waals surface area (Å²) in [5.74, 6) is 0. The van der Waals surface area contributed by atoms with Gasteiger partial charge in [-0.2, -0.15) is 0 Å². The van der Waals surface area contributed by atoms with Crippen LogP contribution in [0, 0.1) is 0 Å². The predicted octanol–water partition coefficient (Wildman–Crippen LogP) is 19.3. The molecule has 0 N–H and O–H groups in total. The fraction of sp³-hybridized carbons (Fsp3) is 0. The van der Waals surface area contributed by atoms with E-state index in [2.05, 4.69) is 266 Å². The molecule has 13 rings (SSSR count). The van der Waals surface area contributed by atoms with Gasteiger partial charge >= 0.3 is 0 Å². The molecule has 0 bridgehead atoms. The molecule has 0 amide bonds. The highest BCUT2D eigenvalue weighted by Gasteiger charge is 2.23. The van der Waals surface area contributed by atoms with Crippen molar-refractivity contribution in [3.63, 3.8) is 0 Å².